The molecule has 2 aromatic rings. The summed E-state index contributed by atoms with van der Waals surface area (Å²) in [4.78, 5) is 17.5. The number of carbonyl (C=O) groups excluding carboxylic acids is 1. The maximum atomic E-state index is 12.1. The second-order valence-electron chi connectivity index (χ2n) is 4.25. The normalized spacial score (nSPS) is 10.3. The van der Waals surface area contributed by atoms with Crippen molar-refractivity contribution in [2.75, 3.05) is 12.8 Å². The largest absolute Gasteiger partial charge is 0.496 e. The number of ether oxygens (including phenoxy) is 2. The molecule has 1 aromatic carbocycles. The molecule has 0 radical (unpaired) electrons. The first-order valence-corrected chi connectivity index (χ1v) is 6.87. The molecule has 0 atom stereocenters. The zero-order chi connectivity index (χ0) is 14.7. The van der Waals surface area contributed by atoms with Crippen molar-refractivity contribution in [2.24, 2.45) is 0 Å². The Kier molecular flexibility index (Phi) is 4.24. The third-order valence-corrected chi connectivity index (χ3v) is 3.93. The maximum absolute atomic E-state index is 12.1. The summed E-state index contributed by atoms with van der Waals surface area (Å²) in [5, 5.41) is 0.766. The van der Waals surface area contributed by atoms with E-state index in [2.05, 4.69) is 4.98 Å². The molecule has 1 aromatic heterocycles. The number of nitrogens with zero attached hydrogens (tertiary/aromatic N) is 1. The van der Waals surface area contributed by atoms with Crippen molar-refractivity contribution in [3.8, 4) is 5.75 Å². The van der Waals surface area contributed by atoms with E-state index in [4.69, 9.17) is 15.2 Å². The van der Waals surface area contributed by atoms with Gasteiger partial charge in [0.05, 0.1) is 12.8 Å². The third-order valence-electron chi connectivity index (χ3n) is 2.88. The van der Waals surface area contributed by atoms with Crippen molar-refractivity contribution in [2.45, 2.75) is 20.5 Å². The summed E-state index contributed by atoms with van der Waals surface area (Å²) in [5.74, 6) is -0.105. The average molecular weight is 292 g/mol. The summed E-state index contributed by atoms with van der Waals surface area (Å²) in [7, 11) is 1.49. The van der Waals surface area contributed by atoms with E-state index >= 15 is 0 Å². The van der Waals surface area contributed by atoms with Gasteiger partial charge in [-0.1, -0.05) is 6.07 Å². The van der Waals surface area contributed by atoms with E-state index in [0.717, 1.165) is 15.6 Å². The molecule has 20 heavy (non-hydrogen) atoms. The van der Waals surface area contributed by atoms with Crippen molar-refractivity contribution in [3.63, 3.8) is 0 Å². The quantitative estimate of drug-likeness (QED) is 0.692. The molecular weight excluding hydrogens is 276 g/mol. The van der Waals surface area contributed by atoms with E-state index < -0.39 is 5.97 Å². The van der Waals surface area contributed by atoms with Crippen LogP contribution in [0.1, 0.15) is 25.9 Å². The Labute approximate surface area is 121 Å². The zero-order valence-electron chi connectivity index (χ0n) is 11.6. The number of nitrogen functional groups attached to an aromatic ring is 1. The number of aromatic nitrogens is 1. The second-order valence-corrected chi connectivity index (χ2v) is 5.54. The van der Waals surface area contributed by atoms with E-state index in [9.17, 15) is 4.79 Å². The number of benzene rings is 1. The molecule has 0 amide bonds. The minimum Gasteiger partial charge on any atom is -0.496 e. The van der Waals surface area contributed by atoms with Gasteiger partial charge >= 0.3 is 5.97 Å². The predicted molar refractivity (Wildman–Crippen MR) is 78.1 cm³/mol. The highest BCUT2D eigenvalue weighted by Gasteiger charge is 2.18. The number of nitrogens with two attached hydrogens (primary N) is 1. The van der Waals surface area contributed by atoms with E-state index in [-0.39, 0.29) is 12.2 Å². The molecule has 0 aliphatic heterocycles. The number of rotatable bonds is 4. The molecule has 0 aliphatic carbocycles. The molecule has 2 rings (SSSR count). The lowest BCUT2D eigenvalue weighted by molar-refractivity contribution is 0.0470. The number of thiazole rings is 1. The average Bonchev–Trinajstić information content (AvgIpc) is 2.74. The molecule has 1 heterocycles. The molecule has 0 spiro atoms. The summed E-state index contributed by atoms with van der Waals surface area (Å²) in [6, 6.07) is 5.03. The van der Waals surface area contributed by atoms with Gasteiger partial charge in [-0.05, 0) is 26.0 Å². The number of hydrogen-bond donors (Lipinski definition) is 1. The summed E-state index contributed by atoms with van der Waals surface area (Å²) in [5.41, 5.74) is 7.34. The van der Waals surface area contributed by atoms with Gasteiger partial charge in [0.1, 0.15) is 22.9 Å². The van der Waals surface area contributed by atoms with Gasteiger partial charge in [-0.2, -0.15) is 0 Å². The Hall–Kier alpha value is -2.08. The van der Waals surface area contributed by atoms with Gasteiger partial charge < -0.3 is 15.2 Å². The lowest BCUT2D eigenvalue weighted by atomic mass is 10.1. The molecule has 0 fully saturated rings. The number of esters is 1. The summed E-state index contributed by atoms with van der Waals surface area (Å²) >= 11 is 1.51. The Bertz CT molecular complexity index is 618. The first kappa shape index (κ1) is 14.3. The van der Waals surface area contributed by atoms with Crippen molar-refractivity contribution in [1.29, 1.82) is 0 Å². The second kappa shape index (κ2) is 5.92. The van der Waals surface area contributed by atoms with E-state index in [1.54, 1.807) is 18.2 Å². The number of anilines is 1. The van der Waals surface area contributed by atoms with Crippen LogP contribution in [0.5, 0.6) is 5.75 Å². The van der Waals surface area contributed by atoms with E-state index in [1.165, 1.54) is 18.4 Å². The number of aryl methyl sites for hydroxylation is 2. The Morgan fingerprint density at radius 2 is 2.15 bits per heavy atom. The summed E-state index contributed by atoms with van der Waals surface area (Å²) in [6.45, 7) is 4.04. The summed E-state index contributed by atoms with van der Waals surface area (Å²) < 4.78 is 10.4. The van der Waals surface area contributed by atoms with Gasteiger partial charge in [0.25, 0.3) is 0 Å². The Balaban J connectivity index is 2.13. The molecule has 0 saturated heterocycles. The topological polar surface area (TPSA) is 74.4 Å². The van der Waals surface area contributed by atoms with Gasteiger partial charge in [-0.15, -0.1) is 11.3 Å². The summed E-state index contributed by atoms with van der Waals surface area (Å²) in [6.07, 6.45) is 0. The lowest BCUT2D eigenvalue weighted by Gasteiger charge is -2.10. The molecule has 2 N–H and O–H groups in total. The molecule has 0 saturated carbocycles. The molecule has 0 bridgehead atoms. The highest BCUT2D eigenvalue weighted by Crippen LogP contribution is 2.25. The highest BCUT2D eigenvalue weighted by atomic mass is 32.1. The smallest absolute Gasteiger partial charge is 0.344 e. The van der Waals surface area contributed by atoms with Gasteiger partial charge in [0.15, 0.2) is 0 Å². The van der Waals surface area contributed by atoms with Crippen molar-refractivity contribution in [1.82, 2.24) is 4.98 Å². The van der Waals surface area contributed by atoms with Crippen LogP contribution in [0.4, 0.5) is 5.69 Å². The van der Waals surface area contributed by atoms with Crippen molar-refractivity contribution in [3.05, 3.63) is 39.3 Å². The fourth-order valence-corrected chi connectivity index (χ4v) is 2.58. The van der Waals surface area contributed by atoms with Gasteiger partial charge in [-0.3, -0.25) is 0 Å². The van der Waals surface area contributed by atoms with Crippen LogP contribution < -0.4 is 10.5 Å². The van der Waals surface area contributed by atoms with Crippen LogP contribution in [0.3, 0.4) is 0 Å². The molecule has 0 aliphatic rings. The van der Waals surface area contributed by atoms with E-state index in [0.29, 0.717) is 11.4 Å². The van der Waals surface area contributed by atoms with Crippen LogP contribution in [0, 0.1) is 13.8 Å². The highest BCUT2D eigenvalue weighted by molar-refractivity contribution is 7.11. The minimum absolute atomic E-state index is 0.135. The van der Waals surface area contributed by atoms with Crippen LogP contribution in [0.15, 0.2) is 18.2 Å². The molecule has 106 valence electrons. The van der Waals surface area contributed by atoms with Gasteiger partial charge in [0, 0.05) is 10.6 Å². The number of carbonyl (C=O) groups is 1. The van der Waals surface area contributed by atoms with E-state index in [1.807, 2.05) is 13.8 Å². The lowest BCUT2D eigenvalue weighted by Crippen LogP contribution is -2.10. The number of hydrogen-bond acceptors (Lipinski definition) is 6. The van der Waals surface area contributed by atoms with Crippen molar-refractivity contribution < 1.29 is 14.3 Å². The van der Waals surface area contributed by atoms with Crippen LogP contribution in [-0.2, 0) is 11.3 Å². The maximum Gasteiger partial charge on any atom is 0.344 e. The Morgan fingerprint density at radius 1 is 1.40 bits per heavy atom. The molecule has 6 heteroatoms. The Morgan fingerprint density at radius 3 is 2.75 bits per heavy atom. The van der Waals surface area contributed by atoms with Crippen LogP contribution in [0.25, 0.3) is 0 Å². The standard InChI is InChI=1S/C14H16N2O3S/c1-8-9(2)20-12(16-8)7-19-14(17)13-10(15)5-4-6-11(13)18-3/h4-6H,7,15H2,1-3H3. The third kappa shape index (κ3) is 2.91. The molecular formula is C14H16N2O3S. The first-order valence-electron chi connectivity index (χ1n) is 6.05. The predicted octanol–water partition coefficient (Wildman–Crippen LogP) is 2.71. The molecule has 5 nitrogen and oxygen atoms in total. The van der Waals surface area contributed by atoms with Crippen LogP contribution >= 0.6 is 11.3 Å². The minimum atomic E-state index is -0.509. The van der Waals surface area contributed by atoms with Gasteiger partial charge in [-0.25, -0.2) is 9.78 Å². The van der Waals surface area contributed by atoms with Gasteiger partial charge in [0.2, 0.25) is 0 Å². The van der Waals surface area contributed by atoms with Crippen molar-refractivity contribution >= 4 is 23.0 Å². The van der Waals surface area contributed by atoms with Crippen LogP contribution in [0.2, 0.25) is 0 Å². The fraction of sp³-hybridized carbons (Fsp3) is 0.286. The monoisotopic (exact) mass is 292 g/mol. The molecule has 0 unspecified atom stereocenters. The first-order chi connectivity index (χ1) is 9.52. The zero-order valence-corrected chi connectivity index (χ0v) is 12.4. The number of methoxy groups -OCH3 is 1. The van der Waals surface area contributed by atoms with Crippen LogP contribution in [-0.4, -0.2) is 18.1 Å². The SMILES string of the molecule is COc1cccc(N)c1C(=O)OCc1nc(C)c(C)s1. The fourth-order valence-electron chi connectivity index (χ4n) is 1.74.